The molecule has 22 heavy (non-hydrogen) atoms. The minimum atomic E-state index is 0. The average Bonchev–Trinajstić information content (AvgIpc) is 3.31. The van der Waals surface area contributed by atoms with E-state index in [2.05, 4.69) is 5.32 Å². The lowest BCUT2D eigenvalue weighted by molar-refractivity contribution is -0.137. The van der Waals surface area contributed by atoms with Gasteiger partial charge in [0, 0.05) is 19.0 Å². The highest BCUT2D eigenvalue weighted by molar-refractivity contribution is 5.85. The number of amides is 1. The molecule has 2 aliphatic rings. The van der Waals surface area contributed by atoms with Crippen molar-refractivity contribution in [1.29, 1.82) is 0 Å². The summed E-state index contributed by atoms with van der Waals surface area (Å²) in [5.74, 6) is 1.43. The number of phenolic OH excluding ortho intramolecular Hbond substituents is 1. The normalized spacial score (nSPS) is 18.5. The first-order valence-electron chi connectivity index (χ1n) is 8.00. The predicted octanol–water partition coefficient (Wildman–Crippen LogP) is 2.55. The van der Waals surface area contributed by atoms with Crippen LogP contribution in [0.3, 0.4) is 0 Å². The van der Waals surface area contributed by atoms with Crippen LogP contribution < -0.4 is 5.32 Å². The van der Waals surface area contributed by atoms with E-state index in [-0.39, 0.29) is 24.1 Å². The van der Waals surface area contributed by atoms with Gasteiger partial charge < -0.3 is 15.3 Å². The molecule has 3 rings (SSSR count). The molecule has 0 unspecified atom stereocenters. The molecule has 2 N–H and O–H groups in total. The number of piperidine rings is 1. The molecule has 5 heteroatoms. The first kappa shape index (κ1) is 17.1. The second-order valence-electron chi connectivity index (χ2n) is 6.36. The molecule has 0 spiro atoms. The molecule has 0 radical (unpaired) electrons. The second kappa shape index (κ2) is 7.84. The molecule has 1 aliphatic heterocycles. The first-order chi connectivity index (χ1) is 10.2. The van der Waals surface area contributed by atoms with Gasteiger partial charge >= 0.3 is 0 Å². The molecule has 0 aromatic heterocycles. The van der Waals surface area contributed by atoms with Crippen LogP contribution >= 0.6 is 12.4 Å². The molecule has 1 saturated carbocycles. The van der Waals surface area contributed by atoms with Crippen LogP contribution in [0.5, 0.6) is 5.75 Å². The summed E-state index contributed by atoms with van der Waals surface area (Å²) in [6.45, 7) is 3.38. The molecule has 1 aromatic rings. The van der Waals surface area contributed by atoms with Crippen molar-refractivity contribution >= 4 is 18.3 Å². The highest BCUT2D eigenvalue weighted by Gasteiger charge is 2.31. The Labute approximate surface area is 138 Å². The Kier molecular flexibility index (Phi) is 6.09. The first-order valence-corrected chi connectivity index (χ1v) is 8.00. The van der Waals surface area contributed by atoms with Crippen LogP contribution in [0.15, 0.2) is 24.3 Å². The summed E-state index contributed by atoms with van der Waals surface area (Å²) in [6, 6.07) is 7.25. The van der Waals surface area contributed by atoms with Gasteiger partial charge in [-0.3, -0.25) is 4.79 Å². The van der Waals surface area contributed by atoms with E-state index in [9.17, 15) is 9.90 Å². The van der Waals surface area contributed by atoms with E-state index in [4.69, 9.17) is 0 Å². The molecule has 1 amide bonds. The molecule has 122 valence electrons. The lowest BCUT2D eigenvalue weighted by Gasteiger charge is -2.30. The van der Waals surface area contributed by atoms with Crippen LogP contribution in [0.1, 0.15) is 31.2 Å². The molecule has 2 fully saturated rings. The summed E-state index contributed by atoms with van der Waals surface area (Å²) < 4.78 is 0. The summed E-state index contributed by atoms with van der Waals surface area (Å²) in [4.78, 5) is 14.8. The van der Waals surface area contributed by atoms with Crippen molar-refractivity contribution in [3.63, 3.8) is 0 Å². The lowest BCUT2D eigenvalue weighted by Crippen LogP contribution is -2.41. The SMILES string of the molecule is Cl.O=C(C1CCNCC1)N(Cc1cccc(O)c1)CC1CC1. The summed E-state index contributed by atoms with van der Waals surface area (Å²) in [5.41, 5.74) is 1.01. The smallest absolute Gasteiger partial charge is 0.226 e. The fourth-order valence-electron chi connectivity index (χ4n) is 3.05. The van der Waals surface area contributed by atoms with Gasteiger partial charge in [-0.25, -0.2) is 0 Å². The van der Waals surface area contributed by atoms with Crippen LogP contribution in [0.4, 0.5) is 0 Å². The fraction of sp³-hybridized carbons (Fsp3) is 0.588. The molecule has 1 aliphatic carbocycles. The molecule has 0 atom stereocenters. The maximum Gasteiger partial charge on any atom is 0.226 e. The number of rotatable bonds is 5. The number of benzene rings is 1. The van der Waals surface area contributed by atoms with Gasteiger partial charge in [-0.15, -0.1) is 12.4 Å². The Morgan fingerprint density at radius 2 is 1.95 bits per heavy atom. The number of halogens is 1. The molecule has 4 nitrogen and oxygen atoms in total. The van der Waals surface area contributed by atoms with Crippen LogP contribution in [0, 0.1) is 11.8 Å². The van der Waals surface area contributed by atoms with Gasteiger partial charge in [0.1, 0.15) is 5.75 Å². The lowest BCUT2D eigenvalue weighted by atomic mass is 9.96. The van der Waals surface area contributed by atoms with Gasteiger partial charge in [0.25, 0.3) is 0 Å². The van der Waals surface area contributed by atoms with Crippen LogP contribution in [-0.2, 0) is 11.3 Å². The Morgan fingerprint density at radius 1 is 1.23 bits per heavy atom. The highest BCUT2D eigenvalue weighted by atomic mass is 35.5. The molecule has 1 aromatic carbocycles. The third-order valence-corrected chi connectivity index (χ3v) is 4.46. The van der Waals surface area contributed by atoms with Gasteiger partial charge in [0.2, 0.25) is 5.91 Å². The zero-order chi connectivity index (χ0) is 14.7. The third kappa shape index (κ3) is 4.62. The van der Waals surface area contributed by atoms with Crippen molar-refractivity contribution in [2.24, 2.45) is 11.8 Å². The van der Waals surface area contributed by atoms with E-state index in [1.54, 1.807) is 12.1 Å². The summed E-state index contributed by atoms with van der Waals surface area (Å²) in [6.07, 6.45) is 4.38. The maximum atomic E-state index is 12.8. The van der Waals surface area contributed by atoms with E-state index < -0.39 is 0 Å². The topological polar surface area (TPSA) is 52.6 Å². The summed E-state index contributed by atoms with van der Waals surface area (Å²) in [5, 5.41) is 12.9. The van der Waals surface area contributed by atoms with Crippen molar-refractivity contribution < 1.29 is 9.90 Å². The van der Waals surface area contributed by atoms with Crippen molar-refractivity contribution in [2.45, 2.75) is 32.2 Å². The van der Waals surface area contributed by atoms with Gasteiger partial charge in [-0.2, -0.15) is 0 Å². The Morgan fingerprint density at radius 3 is 2.59 bits per heavy atom. The standard InChI is InChI=1S/C17H24N2O2.ClH/c20-16-3-1-2-14(10-16)12-19(11-13-4-5-13)17(21)15-6-8-18-9-7-15;/h1-3,10,13,15,18,20H,4-9,11-12H2;1H. The average molecular weight is 325 g/mol. The van der Waals surface area contributed by atoms with E-state index in [1.165, 1.54) is 12.8 Å². The number of carbonyl (C=O) groups excluding carboxylic acids is 1. The van der Waals surface area contributed by atoms with Crippen molar-refractivity contribution in [3.05, 3.63) is 29.8 Å². The number of hydrogen-bond acceptors (Lipinski definition) is 3. The molecule has 1 saturated heterocycles. The largest absolute Gasteiger partial charge is 0.508 e. The number of hydrogen-bond donors (Lipinski definition) is 2. The molecular formula is C17H25ClN2O2. The fourth-order valence-corrected chi connectivity index (χ4v) is 3.05. The van der Waals surface area contributed by atoms with Crippen LogP contribution in [-0.4, -0.2) is 35.5 Å². The van der Waals surface area contributed by atoms with E-state index in [0.717, 1.165) is 38.0 Å². The minimum absolute atomic E-state index is 0. The monoisotopic (exact) mass is 324 g/mol. The number of nitrogens with one attached hydrogen (secondary N) is 1. The Hall–Kier alpha value is -1.26. The Bertz CT molecular complexity index is 499. The second-order valence-corrected chi connectivity index (χ2v) is 6.36. The van der Waals surface area contributed by atoms with Crippen LogP contribution in [0.2, 0.25) is 0 Å². The predicted molar refractivity (Wildman–Crippen MR) is 89.1 cm³/mol. The van der Waals surface area contributed by atoms with Gasteiger partial charge in [0.15, 0.2) is 0 Å². The quantitative estimate of drug-likeness (QED) is 0.875. The van der Waals surface area contributed by atoms with Gasteiger partial charge in [-0.05, 0) is 62.4 Å². The number of aromatic hydroxyl groups is 1. The number of phenols is 1. The van der Waals surface area contributed by atoms with Crippen molar-refractivity contribution in [2.75, 3.05) is 19.6 Å². The van der Waals surface area contributed by atoms with Crippen molar-refractivity contribution in [3.8, 4) is 5.75 Å². The Balaban J connectivity index is 0.00000176. The minimum Gasteiger partial charge on any atom is -0.508 e. The molecular weight excluding hydrogens is 300 g/mol. The summed E-state index contributed by atoms with van der Waals surface area (Å²) in [7, 11) is 0. The van der Waals surface area contributed by atoms with E-state index in [0.29, 0.717) is 18.4 Å². The van der Waals surface area contributed by atoms with E-state index in [1.807, 2.05) is 17.0 Å². The maximum absolute atomic E-state index is 12.8. The zero-order valence-corrected chi connectivity index (χ0v) is 13.6. The van der Waals surface area contributed by atoms with Crippen molar-refractivity contribution in [1.82, 2.24) is 10.2 Å². The number of nitrogens with zero attached hydrogens (tertiary/aromatic N) is 1. The van der Waals surface area contributed by atoms with Crippen LogP contribution in [0.25, 0.3) is 0 Å². The van der Waals surface area contributed by atoms with Gasteiger partial charge in [0.05, 0.1) is 0 Å². The zero-order valence-electron chi connectivity index (χ0n) is 12.8. The molecule has 0 bridgehead atoms. The van der Waals surface area contributed by atoms with Gasteiger partial charge in [-0.1, -0.05) is 12.1 Å². The van der Waals surface area contributed by atoms with E-state index >= 15 is 0 Å². The number of carbonyl (C=O) groups is 1. The third-order valence-electron chi connectivity index (χ3n) is 4.46. The summed E-state index contributed by atoms with van der Waals surface area (Å²) >= 11 is 0. The highest BCUT2D eigenvalue weighted by Crippen LogP contribution is 2.31. The molecule has 1 heterocycles.